The van der Waals surface area contributed by atoms with Crippen molar-refractivity contribution >= 4 is 17.5 Å². The molecule has 3 rings (SSSR count). The second-order valence-corrected chi connectivity index (χ2v) is 7.29. The lowest BCUT2D eigenvalue weighted by Gasteiger charge is -2.32. The lowest BCUT2D eigenvalue weighted by atomic mass is 10.0. The van der Waals surface area contributed by atoms with Crippen molar-refractivity contribution in [2.24, 2.45) is 0 Å². The van der Waals surface area contributed by atoms with E-state index in [2.05, 4.69) is 10.2 Å². The van der Waals surface area contributed by atoms with E-state index in [1.54, 1.807) is 0 Å². The van der Waals surface area contributed by atoms with Crippen LogP contribution in [-0.4, -0.2) is 49.7 Å². The molecule has 0 radical (unpaired) electrons. The number of nitrogens with one attached hydrogen (secondary N) is 1. The third-order valence-corrected chi connectivity index (χ3v) is 5.09. The van der Waals surface area contributed by atoms with Crippen molar-refractivity contribution in [2.75, 3.05) is 32.8 Å². The number of hydrogen-bond acceptors (Lipinski definition) is 4. The summed E-state index contributed by atoms with van der Waals surface area (Å²) in [4.78, 5) is 14.8. The topological polar surface area (TPSA) is 50.8 Å². The van der Waals surface area contributed by atoms with Crippen LogP contribution >= 0.6 is 11.6 Å². The Kier molecular flexibility index (Phi) is 7.57. The molecule has 0 bridgehead atoms. The average molecular weight is 403 g/mol. The number of piperidine rings is 1. The van der Waals surface area contributed by atoms with E-state index in [-0.39, 0.29) is 11.9 Å². The largest absolute Gasteiger partial charge is 0.494 e. The minimum atomic E-state index is -0.0208. The Hall–Kier alpha value is -2.24. The number of carbonyl (C=O) groups is 1. The van der Waals surface area contributed by atoms with Crippen LogP contribution in [0.25, 0.3) is 0 Å². The van der Waals surface area contributed by atoms with Crippen molar-refractivity contribution in [1.29, 1.82) is 0 Å². The Labute approximate surface area is 171 Å². The minimum absolute atomic E-state index is 0.0208. The molecule has 1 fully saturated rings. The number of nitrogens with zero attached hydrogens (tertiary/aromatic N) is 1. The molecule has 1 saturated heterocycles. The van der Waals surface area contributed by atoms with Crippen LogP contribution < -0.4 is 14.8 Å². The van der Waals surface area contributed by atoms with Gasteiger partial charge in [-0.05, 0) is 68.3 Å². The van der Waals surface area contributed by atoms with E-state index < -0.39 is 0 Å². The number of carbonyl (C=O) groups excluding carboxylic acids is 1. The normalized spacial score (nSPS) is 15.2. The second-order valence-electron chi connectivity index (χ2n) is 6.85. The molecule has 1 aliphatic rings. The molecule has 0 saturated carbocycles. The Balaban J connectivity index is 1.36. The quantitative estimate of drug-likeness (QED) is 0.724. The fourth-order valence-corrected chi connectivity index (χ4v) is 3.39. The number of halogens is 1. The lowest BCUT2D eigenvalue weighted by Crippen LogP contribution is -2.45. The van der Waals surface area contributed by atoms with Crippen LogP contribution in [-0.2, 0) is 0 Å². The zero-order valence-corrected chi connectivity index (χ0v) is 17.0. The number of hydrogen-bond donors (Lipinski definition) is 1. The van der Waals surface area contributed by atoms with Gasteiger partial charge in [-0.1, -0.05) is 11.6 Å². The first-order chi connectivity index (χ1) is 13.6. The van der Waals surface area contributed by atoms with Gasteiger partial charge in [-0.25, -0.2) is 0 Å². The maximum Gasteiger partial charge on any atom is 0.251 e. The Bertz CT molecular complexity index is 741. The van der Waals surface area contributed by atoms with Gasteiger partial charge in [0.1, 0.15) is 18.1 Å². The summed E-state index contributed by atoms with van der Waals surface area (Å²) in [6.07, 6.45) is 1.90. The third kappa shape index (κ3) is 6.14. The first-order valence-electron chi connectivity index (χ1n) is 9.78. The molecule has 0 aliphatic carbocycles. The minimum Gasteiger partial charge on any atom is -0.494 e. The van der Waals surface area contributed by atoms with E-state index in [9.17, 15) is 4.79 Å². The molecule has 2 aromatic rings. The second kappa shape index (κ2) is 10.3. The molecule has 6 heteroatoms. The molecule has 1 amide bonds. The summed E-state index contributed by atoms with van der Waals surface area (Å²) in [5.41, 5.74) is 0.669. The number of amides is 1. The SMILES string of the molecule is CCOc1ccc(C(=O)NC2CCN(CCOc3ccc(Cl)cc3)CC2)cc1. The van der Waals surface area contributed by atoms with Gasteiger partial charge in [0.15, 0.2) is 0 Å². The van der Waals surface area contributed by atoms with Gasteiger partial charge < -0.3 is 14.8 Å². The maximum absolute atomic E-state index is 12.4. The molecular formula is C22H27ClN2O3. The molecular weight excluding hydrogens is 376 g/mol. The third-order valence-electron chi connectivity index (χ3n) is 4.84. The van der Waals surface area contributed by atoms with Crippen molar-refractivity contribution in [3.63, 3.8) is 0 Å². The van der Waals surface area contributed by atoms with Crippen LogP contribution in [0.1, 0.15) is 30.1 Å². The van der Waals surface area contributed by atoms with Crippen molar-refractivity contribution in [3.8, 4) is 11.5 Å². The summed E-state index contributed by atoms with van der Waals surface area (Å²) in [7, 11) is 0. The number of benzene rings is 2. The van der Waals surface area contributed by atoms with Gasteiger partial charge in [-0.15, -0.1) is 0 Å². The smallest absolute Gasteiger partial charge is 0.251 e. The molecule has 1 N–H and O–H groups in total. The summed E-state index contributed by atoms with van der Waals surface area (Å²) < 4.78 is 11.2. The van der Waals surface area contributed by atoms with Gasteiger partial charge in [-0.3, -0.25) is 9.69 Å². The summed E-state index contributed by atoms with van der Waals surface area (Å²) in [5.74, 6) is 1.60. The van der Waals surface area contributed by atoms with E-state index in [4.69, 9.17) is 21.1 Å². The van der Waals surface area contributed by atoms with Gasteiger partial charge >= 0.3 is 0 Å². The highest BCUT2D eigenvalue weighted by atomic mass is 35.5. The standard InChI is InChI=1S/C22H27ClN2O3/c1-2-27-20-7-3-17(4-8-20)22(26)24-19-11-13-25(14-12-19)15-16-28-21-9-5-18(23)6-10-21/h3-10,19H,2,11-16H2,1H3,(H,24,26). The molecule has 0 atom stereocenters. The summed E-state index contributed by atoms with van der Waals surface area (Å²) >= 11 is 5.88. The van der Waals surface area contributed by atoms with Crippen molar-refractivity contribution in [1.82, 2.24) is 10.2 Å². The Morgan fingerprint density at radius 1 is 1.04 bits per heavy atom. The highest BCUT2D eigenvalue weighted by Crippen LogP contribution is 2.17. The first kappa shape index (κ1) is 20.5. The van der Waals surface area contributed by atoms with E-state index in [0.29, 0.717) is 23.8 Å². The fraction of sp³-hybridized carbons (Fsp3) is 0.409. The van der Waals surface area contributed by atoms with Gasteiger partial charge in [-0.2, -0.15) is 0 Å². The van der Waals surface area contributed by atoms with Crippen LogP contribution in [0.5, 0.6) is 11.5 Å². The lowest BCUT2D eigenvalue weighted by molar-refractivity contribution is 0.0905. The fourth-order valence-electron chi connectivity index (χ4n) is 3.26. The predicted molar refractivity (Wildman–Crippen MR) is 111 cm³/mol. The van der Waals surface area contributed by atoms with Crippen molar-refractivity contribution in [2.45, 2.75) is 25.8 Å². The van der Waals surface area contributed by atoms with E-state index in [1.807, 2.05) is 55.5 Å². The van der Waals surface area contributed by atoms with Crippen LogP contribution in [0.15, 0.2) is 48.5 Å². The molecule has 0 aromatic heterocycles. The Morgan fingerprint density at radius 3 is 2.29 bits per heavy atom. The van der Waals surface area contributed by atoms with Crippen LogP contribution in [0.4, 0.5) is 0 Å². The van der Waals surface area contributed by atoms with Gasteiger partial charge in [0.25, 0.3) is 5.91 Å². The monoisotopic (exact) mass is 402 g/mol. The zero-order chi connectivity index (χ0) is 19.8. The van der Waals surface area contributed by atoms with Gasteiger partial charge in [0.05, 0.1) is 6.61 Å². The van der Waals surface area contributed by atoms with Gasteiger partial charge in [0.2, 0.25) is 0 Å². The zero-order valence-electron chi connectivity index (χ0n) is 16.2. The molecule has 5 nitrogen and oxygen atoms in total. The average Bonchev–Trinajstić information content (AvgIpc) is 2.71. The highest BCUT2D eigenvalue weighted by Gasteiger charge is 2.21. The molecule has 150 valence electrons. The highest BCUT2D eigenvalue weighted by molar-refractivity contribution is 6.30. The molecule has 0 unspecified atom stereocenters. The molecule has 28 heavy (non-hydrogen) atoms. The van der Waals surface area contributed by atoms with Crippen molar-refractivity contribution < 1.29 is 14.3 Å². The molecule has 1 aliphatic heterocycles. The summed E-state index contributed by atoms with van der Waals surface area (Å²) in [6, 6.07) is 14.9. The van der Waals surface area contributed by atoms with Gasteiger partial charge in [0, 0.05) is 36.3 Å². The Morgan fingerprint density at radius 2 is 1.64 bits per heavy atom. The van der Waals surface area contributed by atoms with Crippen molar-refractivity contribution in [3.05, 3.63) is 59.1 Å². The number of ether oxygens (including phenoxy) is 2. The van der Waals surface area contributed by atoms with E-state index >= 15 is 0 Å². The number of likely N-dealkylation sites (tertiary alicyclic amines) is 1. The van der Waals surface area contributed by atoms with Crippen LogP contribution in [0.2, 0.25) is 5.02 Å². The summed E-state index contributed by atoms with van der Waals surface area (Å²) in [5, 5.41) is 3.85. The van der Waals surface area contributed by atoms with E-state index in [1.165, 1.54) is 0 Å². The number of rotatable bonds is 8. The predicted octanol–water partition coefficient (Wildman–Crippen LogP) is 4.01. The molecule has 1 heterocycles. The van der Waals surface area contributed by atoms with Crippen LogP contribution in [0, 0.1) is 0 Å². The molecule has 2 aromatic carbocycles. The van der Waals surface area contributed by atoms with E-state index in [0.717, 1.165) is 44.0 Å². The maximum atomic E-state index is 12.4. The van der Waals surface area contributed by atoms with Crippen LogP contribution in [0.3, 0.4) is 0 Å². The molecule has 0 spiro atoms. The summed E-state index contributed by atoms with van der Waals surface area (Å²) in [6.45, 7) is 6.00. The first-order valence-corrected chi connectivity index (χ1v) is 10.2.